The van der Waals surface area contributed by atoms with E-state index in [-0.39, 0.29) is 48.5 Å². The first kappa shape index (κ1) is 16.7. The van der Waals surface area contributed by atoms with Crippen molar-refractivity contribution in [3.05, 3.63) is 41.5 Å². The van der Waals surface area contributed by atoms with Gasteiger partial charge in [0.05, 0.1) is 18.3 Å². The second-order valence-electron chi connectivity index (χ2n) is 8.43. The molecule has 2 saturated carbocycles. The van der Waals surface area contributed by atoms with Crippen LogP contribution in [-0.2, 0) is 14.4 Å². The van der Waals surface area contributed by atoms with Crippen LogP contribution in [0.25, 0.3) is 0 Å². The average Bonchev–Trinajstić information content (AvgIpc) is 3.42. The summed E-state index contributed by atoms with van der Waals surface area (Å²) in [6, 6.07) is 5.70. The van der Waals surface area contributed by atoms with Crippen LogP contribution >= 0.6 is 0 Å². The normalized spacial score (nSPS) is 35.3. The number of nitrogens with zero attached hydrogens (tertiary/aromatic N) is 1. The fraction of sp³-hybridized carbons (Fsp3) is 0.500. The van der Waals surface area contributed by atoms with Gasteiger partial charge in [0.2, 0.25) is 11.8 Å². The zero-order chi connectivity index (χ0) is 18.9. The number of amides is 2. The van der Waals surface area contributed by atoms with Crippen LogP contribution in [0.3, 0.4) is 0 Å². The molecule has 27 heavy (non-hydrogen) atoms. The van der Waals surface area contributed by atoms with Crippen molar-refractivity contribution in [2.45, 2.75) is 26.7 Å². The van der Waals surface area contributed by atoms with Gasteiger partial charge in [-0.05, 0) is 55.1 Å². The summed E-state index contributed by atoms with van der Waals surface area (Å²) >= 11 is 0. The number of rotatable bonds is 4. The second-order valence-corrected chi connectivity index (χ2v) is 8.43. The summed E-state index contributed by atoms with van der Waals surface area (Å²) in [5.41, 5.74) is 1.79. The molecule has 1 aromatic carbocycles. The molecular weight excluding hydrogens is 342 g/mol. The highest BCUT2D eigenvalue weighted by molar-refractivity contribution is 6.06. The van der Waals surface area contributed by atoms with Crippen molar-refractivity contribution in [1.82, 2.24) is 4.90 Å². The molecule has 6 atom stereocenters. The Morgan fingerprint density at radius 2 is 1.59 bits per heavy atom. The molecule has 0 spiro atoms. The predicted octanol–water partition coefficient (Wildman–Crippen LogP) is 2.65. The summed E-state index contributed by atoms with van der Waals surface area (Å²) in [6.45, 7) is 3.90. The molecule has 5 aliphatic rings. The summed E-state index contributed by atoms with van der Waals surface area (Å²) in [7, 11) is 0. The first-order chi connectivity index (χ1) is 13.0. The average molecular weight is 365 g/mol. The molecule has 2 amide bonds. The topological polar surface area (TPSA) is 63.7 Å². The lowest BCUT2D eigenvalue weighted by atomic mass is 9.63. The number of hydrogen-bond acceptors (Lipinski definition) is 4. The number of para-hydroxylation sites is 1. The van der Waals surface area contributed by atoms with Crippen LogP contribution in [0.15, 0.2) is 30.4 Å². The molecule has 4 aliphatic carbocycles. The zero-order valence-corrected chi connectivity index (χ0v) is 15.6. The van der Waals surface area contributed by atoms with Gasteiger partial charge in [-0.3, -0.25) is 19.3 Å². The molecule has 5 nitrogen and oxygen atoms in total. The van der Waals surface area contributed by atoms with E-state index in [4.69, 9.17) is 4.74 Å². The van der Waals surface area contributed by atoms with Crippen LogP contribution in [0.5, 0.6) is 5.75 Å². The minimum Gasteiger partial charge on any atom is -0.426 e. The monoisotopic (exact) mass is 365 g/mol. The fourth-order valence-electron chi connectivity index (χ4n) is 5.57. The number of likely N-dealkylation sites (tertiary alicyclic amines) is 1. The molecule has 1 aromatic rings. The van der Waals surface area contributed by atoms with Gasteiger partial charge in [-0.1, -0.05) is 30.4 Å². The highest BCUT2D eigenvalue weighted by Crippen LogP contribution is 2.65. The van der Waals surface area contributed by atoms with E-state index < -0.39 is 5.97 Å². The highest BCUT2D eigenvalue weighted by Gasteiger charge is 2.66. The van der Waals surface area contributed by atoms with Crippen molar-refractivity contribution in [2.75, 3.05) is 6.54 Å². The second kappa shape index (κ2) is 5.78. The number of aryl methyl sites for hydroxylation is 2. The number of imide groups is 1. The van der Waals surface area contributed by atoms with Gasteiger partial charge in [-0.2, -0.15) is 0 Å². The molecule has 3 fully saturated rings. The lowest BCUT2D eigenvalue weighted by molar-refractivity contribution is -0.141. The van der Waals surface area contributed by atoms with Gasteiger partial charge in [0.15, 0.2) is 0 Å². The van der Waals surface area contributed by atoms with Crippen LogP contribution in [0.1, 0.15) is 24.0 Å². The first-order valence-electron chi connectivity index (χ1n) is 9.78. The standard InChI is InChI=1S/C22H23NO4/c1-11-4-3-5-12(2)20(11)27-17(24)8-9-23-21(25)18-13-6-7-14(16-10-15(13)16)19(18)22(23)26/h3-7,13-16,18-19H,8-10H2,1-2H3/t13-,14-,15-,16-,18-,19+/m1/s1. The maximum absolute atomic E-state index is 12.9. The molecule has 0 N–H and O–H groups in total. The Labute approximate surface area is 158 Å². The Morgan fingerprint density at radius 3 is 2.15 bits per heavy atom. The van der Waals surface area contributed by atoms with E-state index in [1.165, 1.54) is 4.90 Å². The van der Waals surface area contributed by atoms with Gasteiger partial charge in [0.1, 0.15) is 5.75 Å². The van der Waals surface area contributed by atoms with Crippen LogP contribution in [-0.4, -0.2) is 29.2 Å². The molecule has 2 bridgehead atoms. The Hall–Kier alpha value is -2.43. The Kier molecular flexibility index (Phi) is 3.58. The third kappa shape index (κ3) is 2.40. The van der Waals surface area contributed by atoms with Crippen LogP contribution in [0.4, 0.5) is 0 Å². The van der Waals surface area contributed by atoms with Gasteiger partial charge in [0, 0.05) is 6.54 Å². The zero-order valence-electron chi connectivity index (χ0n) is 15.6. The van der Waals surface area contributed by atoms with E-state index in [1.54, 1.807) is 0 Å². The number of carbonyl (C=O) groups is 3. The van der Waals surface area contributed by atoms with Crippen molar-refractivity contribution in [3.63, 3.8) is 0 Å². The van der Waals surface area contributed by atoms with Gasteiger partial charge >= 0.3 is 5.97 Å². The lowest BCUT2D eigenvalue weighted by Gasteiger charge is -2.37. The number of benzene rings is 1. The molecule has 140 valence electrons. The smallest absolute Gasteiger partial charge is 0.313 e. The molecule has 5 heteroatoms. The number of carbonyl (C=O) groups excluding carboxylic acids is 3. The molecule has 1 aliphatic heterocycles. The number of allylic oxidation sites excluding steroid dienone is 2. The van der Waals surface area contributed by atoms with Crippen LogP contribution in [0.2, 0.25) is 0 Å². The summed E-state index contributed by atoms with van der Waals surface area (Å²) in [5.74, 6) is 1.19. The number of ether oxygens (including phenoxy) is 1. The van der Waals surface area contributed by atoms with Crippen LogP contribution in [0, 0.1) is 49.4 Å². The molecule has 0 unspecified atom stereocenters. The van der Waals surface area contributed by atoms with Gasteiger partial charge in [-0.25, -0.2) is 0 Å². The Morgan fingerprint density at radius 1 is 1.04 bits per heavy atom. The largest absolute Gasteiger partial charge is 0.426 e. The molecule has 1 saturated heterocycles. The minimum atomic E-state index is -0.410. The van der Waals surface area contributed by atoms with Crippen molar-refractivity contribution in [1.29, 1.82) is 0 Å². The summed E-state index contributed by atoms with van der Waals surface area (Å²) in [6.07, 6.45) is 5.49. The maximum Gasteiger partial charge on any atom is 0.313 e. The molecule has 0 aromatic heterocycles. The third-order valence-electron chi connectivity index (χ3n) is 6.92. The minimum absolute atomic E-state index is 0.0281. The van der Waals surface area contributed by atoms with Crippen molar-refractivity contribution < 1.29 is 19.1 Å². The van der Waals surface area contributed by atoms with Gasteiger partial charge < -0.3 is 4.74 Å². The van der Waals surface area contributed by atoms with Gasteiger partial charge in [-0.15, -0.1) is 0 Å². The van der Waals surface area contributed by atoms with Crippen molar-refractivity contribution >= 4 is 17.8 Å². The van der Waals surface area contributed by atoms with Gasteiger partial charge in [0.25, 0.3) is 0 Å². The van der Waals surface area contributed by atoms with Crippen molar-refractivity contribution in [3.8, 4) is 5.75 Å². The van der Waals surface area contributed by atoms with E-state index in [0.717, 1.165) is 17.5 Å². The summed E-state index contributed by atoms with van der Waals surface area (Å²) < 4.78 is 5.50. The molecular formula is C22H23NO4. The van der Waals surface area contributed by atoms with E-state index in [1.807, 2.05) is 32.0 Å². The number of esters is 1. The first-order valence-corrected chi connectivity index (χ1v) is 9.78. The Balaban J connectivity index is 1.26. The van der Waals surface area contributed by atoms with E-state index in [2.05, 4.69) is 12.2 Å². The third-order valence-corrected chi connectivity index (χ3v) is 6.92. The lowest BCUT2D eigenvalue weighted by Crippen LogP contribution is -2.40. The Bertz CT molecular complexity index is 832. The molecule has 1 heterocycles. The summed E-state index contributed by atoms with van der Waals surface area (Å²) in [4.78, 5) is 39.4. The quantitative estimate of drug-likeness (QED) is 0.356. The van der Waals surface area contributed by atoms with Crippen LogP contribution < -0.4 is 4.74 Å². The summed E-state index contributed by atoms with van der Waals surface area (Å²) in [5, 5.41) is 0. The fourth-order valence-corrected chi connectivity index (χ4v) is 5.57. The van der Waals surface area contributed by atoms with E-state index >= 15 is 0 Å². The van der Waals surface area contributed by atoms with E-state index in [0.29, 0.717) is 17.6 Å². The molecule has 0 radical (unpaired) electrons. The maximum atomic E-state index is 12.9. The molecule has 6 rings (SSSR count). The predicted molar refractivity (Wildman–Crippen MR) is 97.6 cm³/mol. The highest BCUT2D eigenvalue weighted by atomic mass is 16.5. The van der Waals surface area contributed by atoms with E-state index in [9.17, 15) is 14.4 Å². The van der Waals surface area contributed by atoms with Crippen molar-refractivity contribution in [2.24, 2.45) is 35.5 Å². The SMILES string of the molecule is Cc1cccc(C)c1OC(=O)CCN1C(=O)[C@@H]2[C@@H]3C=C[C@H]([C@H]4C[C@H]34)[C@@H]2C1=O. The number of hydrogen-bond donors (Lipinski definition) is 0.